The zero-order valence-electron chi connectivity index (χ0n) is 8.27. The maximum atomic E-state index is 10.7. The van der Waals surface area contributed by atoms with Crippen LogP contribution < -0.4 is 11.5 Å². The second-order valence-corrected chi connectivity index (χ2v) is 4.61. The Morgan fingerprint density at radius 3 is 2.86 bits per heavy atom. The van der Waals surface area contributed by atoms with Gasteiger partial charge in [0, 0.05) is 17.3 Å². The van der Waals surface area contributed by atoms with Crippen LogP contribution in [0.2, 0.25) is 0 Å². The first-order valence-electron chi connectivity index (χ1n) is 4.67. The SMILES string of the molecule is CC(CC(N)=O)CC(N)c1cccs1. The molecular formula is C10H16N2OS. The van der Waals surface area contributed by atoms with Gasteiger partial charge in [-0.3, -0.25) is 4.79 Å². The molecule has 0 bridgehead atoms. The lowest BCUT2D eigenvalue weighted by atomic mass is 9.98. The molecule has 78 valence electrons. The summed E-state index contributed by atoms with van der Waals surface area (Å²) in [6, 6.07) is 4.04. The van der Waals surface area contributed by atoms with Crippen molar-refractivity contribution in [2.45, 2.75) is 25.8 Å². The Bertz CT molecular complexity index is 284. The van der Waals surface area contributed by atoms with Gasteiger partial charge in [0.05, 0.1) is 0 Å². The lowest BCUT2D eigenvalue weighted by molar-refractivity contribution is -0.118. The minimum absolute atomic E-state index is 0.0318. The predicted octanol–water partition coefficient (Wildman–Crippen LogP) is 1.65. The Morgan fingerprint density at radius 1 is 1.64 bits per heavy atom. The highest BCUT2D eigenvalue weighted by Crippen LogP contribution is 2.24. The molecule has 0 aliphatic carbocycles. The van der Waals surface area contributed by atoms with E-state index in [2.05, 4.69) is 0 Å². The summed E-state index contributed by atoms with van der Waals surface area (Å²) < 4.78 is 0. The molecule has 0 saturated carbocycles. The second-order valence-electron chi connectivity index (χ2n) is 3.63. The van der Waals surface area contributed by atoms with E-state index in [-0.39, 0.29) is 17.9 Å². The quantitative estimate of drug-likeness (QED) is 0.779. The number of primary amides is 1. The van der Waals surface area contributed by atoms with E-state index >= 15 is 0 Å². The molecule has 1 aromatic heterocycles. The van der Waals surface area contributed by atoms with E-state index < -0.39 is 0 Å². The molecule has 2 atom stereocenters. The lowest BCUT2D eigenvalue weighted by Crippen LogP contribution is -2.18. The smallest absolute Gasteiger partial charge is 0.217 e. The van der Waals surface area contributed by atoms with Crippen molar-refractivity contribution >= 4 is 17.2 Å². The molecule has 3 nitrogen and oxygen atoms in total. The maximum absolute atomic E-state index is 10.7. The number of amides is 1. The van der Waals surface area contributed by atoms with Crippen LogP contribution in [0.4, 0.5) is 0 Å². The highest BCUT2D eigenvalue weighted by molar-refractivity contribution is 7.10. The van der Waals surface area contributed by atoms with Crippen LogP contribution in [-0.4, -0.2) is 5.91 Å². The van der Waals surface area contributed by atoms with Crippen molar-refractivity contribution in [3.05, 3.63) is 22.4 Å². The van der Waals surface area contributed by atoms with Crippen LogP contribution in [0.5, 0.6) is 0 Å². The van der Waals surface area contributed by atoms with Gasteiger partial charge in [0.25, 0.3) is 0 Å². The number of thiophene rings is 1. The molecule has 1 rings (SSSR count). The van der Waals surface area contributed by atoms with Crippen LogP contribution in [0.1, 0.15) is 30.7 Å². The largest absolute Gasteiger partial charge is 0.370 e. The van der Waals surface area contributed by atoms with Gasteiger partial charge < -0.3 is 11.5 Å². The van der Waals surface area contributed by atoms with Crippen LogP contribution in [0, 0.1) is 5.92 Å². The zero-order valence-corrected chi connectivity index (χ0v) is 9.09. The van der Waals surface area contributed by atoms with Gasteiger partial charge in [0.15, 0.2) is 0 Å². The van der Waals surface area contributed by atoms with Gasteiger partial charge in [-0.05, 0) is 23.8 Å². The first kappa shape index (κ1) is 11.2. The molecule has 0 radical (unpaired) electrons. The summed E-state index contributed by atoms with van der Waals surface area (Å²) >= 11 is 1.65. The third kappa shape index (κ3) is 3.47. The number of hydrogen-bond donors (Lipinski definition) is 2. The Labute approximate surface area is 88.1 Å². The van der Waals surface area contributed by atoms with Gasteiger partial charge in [-0.25, -0.2) is 0 Å². The predicted molar refractivity (Wildman–Crippen MR) is 58.8 cm³/mol. The summed E-state index contributed by atoms with van der Waals surface area (Å²) in [6.07, 6.45) is 1.22. The van der Waals surface area contributed by atoms with Crippen molar-refractivity contribution in [1.82, 2.24) is 0 Å². The third-order valence-corrected chi connectivity index (χ3v) is 3.12. The molecule has 0 aromatic carbocycles. The Kier molecular flexibility index (Phi) is 4.10. The number of carbonyl (C=O) groups excluding carboxylic acids is 1. The van der Waals surface area contributed by atoms with Crippen molar-refractivity contribution in [2.75, 3.05) is 0 Å². The highest BCUT2D eigenvalue weighted by Gasteiger charge is 2.13. The van der Waals surface area contributed by atoms with Gasteiger partial charge in [0.1, 0.15) is 0 Å². The van der Waals surface area contributed by atoms with E-state index in [4.69, 9.17) is 11.5 Å². The highest BCUT2D eigenvalue weighted by atomic mass is 32.1. The molecule has 0 saturated heterocycles. The molecule has 0 fully saturated rings. The standard InChI is InChI=1S/C10H16N2OS/c1-7(6-10(12)13)5-8(11)9-3-2-4-14-9/h2-4,7-8H,5-6,11H2,1H3,(H2,12,13). The van der Waals surface area contributed by atoms with Gasteiger partial charge in [0.2, 0.25) is 5.91 Å². The van der Waals surface area contributed by atoms with Crippen LogP contribution >= 0.6 is 11.3 Å². The third-order valence-electron chi connectivity index (χ3n) is 2.11. The number of rotatable bonds is 5. The van der Waals surface area contributed by atoms with Crippen LogP contribution in [0.3, 0.4) is 0 Å². The molecule has 1 aromatic rings. The summed E-state index contributed by atoms with van der Waals surface area (Å²) in [5.41, 5.74) is 11.1. The first-order valence-corrected chi connectivity index (χ1v) is 5.55. The second kappa shape index (κ2) is 5.12. The van der Waals surface area contributed by atoms with Crippen molar-refractivity contribution < 1.29 is 4.79 Å². The molecule has 1 amide bonds. The average Bonchev–Trinajstić information content (AvgIpc) is 2.53. The van der Waals surface area contributed by atoms with Crippen molar-refractivity contribution in [3.8, 4) is 0 Å². The summed E-state index contributed by atoms with van der Waals surface area (Å²) in [7, 11) is 0. The van der Waals surface area contributed by atoms with E-state index in [0.29, 0.717) is 6.42 Å². The average molecular weight is 212 g/mol. The topological polar surface area (TPSA) is 69.1 Å². The molecule has 0 aliphatic heterocycles. The Balaban J connectivity index is 2.41. The fourth-order valence-electron chi connectivity index (χ4n) is 1.48. The van der Waals surface area contributed by atoms with Gasteiger partial charge in [-0.1, -0.05) is 13.0 Å². The van der Waals surface area contributed by atoms with Crippen LogP contribution in [0.15, 0.2) is 17.5 Å². The van der Waals surface area contributed by atoms with E-state index in [1.54, 1.807) is 11.3 Å². The lowest BCUT2D eigenvalue weighted by Gasteiger charge is -2.14. The number of nitrogens with two attached hydrogens (primary N) is 2. The van der Waals surface area contributed by atoms with E-state index in [0.717, 1.165) is 6.42 Å². The normalized spacial score (nSPS) is 15.0. The monoisotopic (exact) mass is 212 g/mol. The maximum Gasteiger partial charge on any atom is 0.217 e. The first-order chi connectivity index (χ1) is 6.59. The fraction of sp³-hybridized carbons (Fsp3) is 0.500. The van der Waals surface area contributed by atoms with Crippen LogP contribution in [0.25, 0.3) is 0 Å². The Hall–Kier alpha value is -0.870. The molecule has 14 heavy (non-hydrogen) atoms. The van der Waals surface area contributed by atoms with Gasteiger partial charge in [-0.15, -0.1) is 11.3 Å². The van der Waals surface area contributed by atoms with Gasteiger partial charge in [-0.2, -0.15) is 0 Å². The van der Waals surface area contributed by atoms with Crippen molar-refractivity contribution in [3.63, 3.8) is 0 Å². The Morgan fingerprint density at radius 2 is 2.36 bits per heavy atom. The molecule has 1 heterocycles. The van der Waals surface area contributed by atoms with E-state index in [1.165, 1.54) is 4.88 Å². The number of hydrogen-bond acceptors (Lipinski definition) is 3. The fourth-order valence-corrected chi connectivity index (χ4v) is 2.22. The van der Waals surface area contributed by atoms with Gasteiger partial charge >= 0.3 is 0 Å². The minimum atomic E-state index is -0.254. The van der Waals surface area contributed by atoms with Crippen molar-refractivity contribution in [1.29, 1.82) is 0 Å². The molecule has 0 aliphatic rings. The molecule has 2 unspecified atom stereocenters. The van der Waals surface area contributed by atoms with E-state index in [9.17, 15) is 4.79 Å². The van der Waals surface area contributed by atoms with Crippen molar-refractivity contribution in [2.24, 2.45) is 17.4 Å². The minimum Gasteiger partial charge on any atom is -0.370 e. The van der Waals surface area contributed by atoms with E-state index in [1.807, 2.05) is 24.4 Å². The molecule has 4 N–H and O–H groups in total. The summed E-state index contributed by atoms with van der Waals surface area (Å²) in [4.78, 5) is 11.8. The van der Waals surface area contributed by atoms with Crippen LogP contribution in [-0.2, 0) is 4.79 Å². The number of carbonyl (C=O) groups is 1. The summed E-state index contributed by atoms with van der Waals surface area (Å²) in [5, 5.41) is 2.01. The zero-order chi connectivity index (χ0) is 10.6. The summed E-state index contributed by atoms with van der Waals surface area (Å²) in [6.45, 7) is 2.00. The molecule has 0 spiro atoms. The molecule has 4 heteroatoms. The molecular weight excluding hydrogens is 196 g/mol. The summed E-state index contributed by atoms with van der Waals surface area (Å²) in [5.74, 6) is 0.000444.